The number of hydrogen-bond acceptors (Lipinski definition) is 1. The summed E-state index contributed by atoms with van der Waals surface area (Å²) in [6, 6.07) is 6.42. The van der Waals surface area contributed by atoms with Crippen LogP contribution in [0.2, 0.25) is 0 Å². The second-order valence-electron chi connectivity index (χ2n) is 3.76. The van der Waals surface area contributed by atoms with E-state index >= 15 is 0 Å². The highest BCUT2D eigenvalue weighted by molar-refractivity contribution is 14.1. The monoisotopic (exact) mass is 367 g/mol. The molecule has 0 atom stereocenters. The van der Waals surface area contributed by atoms with E-state index < -0.39 is 0 Å². The second kappa shape index (κ2) is 6.08. The molecule has 0 bridgehead atoms. The summed E-state index contributed by atoms with van der Waals surface area (Å²) in [5, 5.41) is 3.44. The first-order valence-electron chi connectivity index (χ1n) is 4.74. The lowest BCUT2D eigenvalue weighted by atomic mass is 10.2. The Morgan fingerprint density at radius 1 is 1.43 bits per heavy atom. The maximum absolute atomic E-state index is 3.55. The van der Waals surface area contributed by atoms with Crippen molar-refractivity contribution in [3.8, 4) is 0 Å². The van der Waals surface area contributed by atoms with E-state index in [1.807, 2.05) is 0 Å². The maximum Gasteiger partial charge on any atom is 0.0220 e. The molecule has 1 aromatic carbocycles. The average molecular weight is 368 g/mol. The molecule has 0 heterocycles. The zero-order valence-corrected chi connectivity index (χ0v) is 12.2. The van der Waals surface area contributed by atoms with Gasteiger partial charge < -0.3 is 5.32 Å². The summed E-state index contributed by atoms with van der Waals surface area (Å²) in [6.45, 7) is 6.45. The molecule has 0 spiro atoms. The van der Waals surface area contributed by atoms with E-state index in [1.165, 1.54) is 13.6 Å². The van der Waals surface area contributed by atoms with Crippen LogP contribution in [0.4, 0.5) is 0 Å². The van der Waals surface area contributed by atoms with E-state index in [-0.39, 0.29) is 0 Å². The van der Waals surface area contributed by atoms with E-state index in [0.29, 0.717) is 5.92 Å². The van der Waals surface area contributed by atoms with Crippen molar-refractivity contribution in [2.45, 2.75) is 20.4 Å². The number of rotatable bonds is 4. The van der Waals surface area contributed by atoms with Crippen molar-refractivity contribution in [1.82, 2.24) is 5.32 Å². The molecule has 0 aliphatic rings. The summed E-state index contributed by atoms with van der Waals surface area (Å²) in [6.07, 6.45) is 0. The fourth-order valence-corrected chi connectivity index (χ4v) is 2.12. The van der Waals surface area contributed by atoms with Gasteiger partial charge in [-0.2, -0.15) is 0 Å². The van der Waals surface area contributed by atoms with Crippen LogP contribution in [0.5, 0.6) is 0 Å². The largest absolute Gasteiger partial charge is 0.312 e. The number of hydrogen-bond donors (Lipinski definition) is 1. The summed E-state index contributed by atoms with van der Waals surface area (Å²) >= 11 is 5.89. The maximum atomic E-state index is 3.55. The molecule has 0 fully saturated rings. The third-order valence-electron chi connectivity index (χ3n) is 1.88. The van der Waals surface area contributed by atoms with E-state index in [4.69, 9.17) is 0 Å². The number of benzene rings is 1. The van der Waals surface area contributed by atoms with Gasteiger partial charge in [-0.1, -0.05) is 29.8 Å². The van der Waals surface area contributed by atoms with Gasteiger partial charge in [0.25, 0.3) is 0 Å². The molecular weight excluding hydrogens is 353 g/mol. The molecule has 0 saturated heterocycles. The Morgan fingerprint density at radius 2 is 2.14 bits per heavy atom. The summed E-state index contributed by atoms with van der Waals surface area (Å²) in [7, 11) is 0. The van der Waals surface area contributed by atoms with Crippen molar-refractivity contribution in [1.29, 1.82) is 0 Å². The molecule has 0 amide bonds. The highest BCUT2D eigenvalue weighted by Crippen LogP contribution is 2.19. The molecule has 0 radical (unpaired) electrons. The van der Waals surface area contributed by atoms with Gasteiger partial charge in [0.15, 0.2) is 0 Å². The molecule has 0 saturated carbocycles. The molecule has 1 rings (SSSR count). The minimum Gasteiger partial charge on any atom is -0.312 e. The lowest BCUT2D eigenvalue weighted by Gasteiger charge is -2.09. The van der Waals surface area contributed by atoms with E-state index in [0.717, 1.165) is 13.1 Å². The SMILES string of the molecule is CC(C)CNCc1cc(I)ccc1Br. The smallest absolute Gasteiger partial charge is 0.0220 e. The summed E-state index contributed by atoms with van der Waals surface area (Å²) in [5.74, 6) is 0.705. The predicted octanol–water partition coefficient (Wildman–Crippen LogP) is 3.80. The minimum atomic E-state index is 0.705. The van der Waals surface area contributed by atoms with Crippen LogP contribution in [-0.4, -0.2) is 6.54 Å². The minimum absolute atomic E-state index is 0.705. The number of nitrogens with one attached hydrogen (secondary N) is 1. The molecule has 3 heteroatoms. The first-order chi connectivity index (χ1) is 6.59. The lowest BCUT2D eigenvalue weighted by Crippen LogP contribution is -2.19. The normalized spacial score (nSPS) is 10.9. The van der Waals surface area contributed by atoms with Crippen molar-refractivity contribution >= 4 is 38.5 Å². The summed E-state index contributed by atoms with van der Waals surface area (Å²) < 4.78 is 2.47. The standard InChI is InChI=1S/C11H15BrIN/c1-8(2)6-14-7-9-5-10(13)3-4-11(9)12/h3-5,8,14H,6-7H2,1-2H3. The molecule has 14 heavy (non-hydrogen) atoms. The third-order valence-corrected chi connectivity index (χ3v) is 3.32. The highest BCUT2D eigenvalue weighted by atomic mass is 127. The van der Waals surface area contributed by atoms with Gasteiger partial charge in [0, 0.05) is 14.6 Å². The molecule has 0 aliphatic heterocycles. The van der Waals surface area contributed by atoms with Crippen LogP contribution in [0.1, 0.15) is 19.4 Å². The molecule has 1 aromatic rings. The quantitative estimate of drug-likeness (QED) is 0.798. The molecular formula is C11H15BrIN. The van der Waals surface area contributed by atoms with Gasteiger partial charge in [0.1, 0.15) is 0 Å². The topological polar surface area (TPSA) is 12.0 Å². The molecule has 0 aliphatic carbocycles. The summed E-state index contributed by atoms with van der Waals surface area (Å²) in [4.78, 5) is 0. The first kappa shape index (κ1) is 12.5. The predicted molar refractivity (Wildman–Crippen MR) is 73.4 cm³/mol. The van der Waals surface area contributed by atoms with Crippen molar-refractivity contribution in [2.75, 3.05) is 6.54 Å². The third kappa shape index (κ3) is 4.28. The van der Waals surface area contributed by atoms with Crippen LogP contribution in [0.3, 0.4) is 0 Å². The van der Waals surface area contributed by atoms with Gasteiger partial charge in [0.2, 0.25) is 0 Å². The zero-order chi connectivity index (χ0) is 10.6. The molecule has 1 N–H and O–H groups in total. The molecule has 1 nitrogen and oxygen atoms in total. The van der Waals surface area contributed by atoms with Gasteiger partial charge in [-0.15, -0.1) is 0 Å². The Kier molecular flexibility index (Phi) is 5.41. The lowest BCUT2D eigenvalue weighted by molar-refractivity contribution is 0.551. The fraction of sp³-hybridized carbons (Fsp3) is 0.455. The number of halogens is 2. The van der Waals surface area contributed by atoms with Gasteiger partial charge in [0.05, 0.1) is 0 Å². The highest BCUT2D eigenvalue weighted by Gasteiger charge is 2.00. The van der Waals surface area contributed by atoms with Crippen molar-refractivity contribution in [3.63, 3.8) is 0 Å². The van der Waals surface area contributed by atoms with Gasteiger partial charge in [-0.3, -0.25) is 0 Å². The van der Waals surface area contributed by atoms with Crippen molar-refractivity contribution in [3.05, 3.63) is 31.8 Å². The van der Waals surface area contributed by atoms with Crippen LogP contribution in [0.25, 0.3) is 0 Å². The molecule has 0 aromatic heterocycles. The average Bonchev–Trinajstić information content (AvgIpc) is 2.10. The van der Waals surface area contributed by atoms with E-state index in [1.54, 1.807) is 0 Å². The Labute approximate surface area is 108 Å². The Morgan fingerprint density at radius 3 is 2.79 bits per heavy atom. The Hall–Kier alpha value is 0.390. The van der Waals surface area contributed by atoms with Crippen LogP contribution < -0.4 is 5.32 Å². The first-order valence-corrected chi connectivity index (χ1v) is 6.61. The van der Waals surface area contributed by atoms with Crippen LogP contribution in [0, 0.1) is 9.49 Å². The van der Waals surface area contributed by atoms with Crippen LogP contribution in [0.15, 0.2) is 22.7 Å². The second-order valence-corrected chi connectivity index (χ2v) is 5.86. The molecule has 78 valence electrons. The van der Waals surface area contributed by atoms with Gasteiger partial charge >= 0.3 is 0 Å². The van der Waals surface area contributed by atoms with E-state index in [9.17, 15) is 0 Å². The van der Waals surface area contributed by atoms with Gasteiger partial charge in [-0.05, 0) is 58.8 Å². The Bertz CT molecular complexity index is 299. The Balaban J connectivity index is 2.53. The van der Waals surface area contributed by atoms with Gasteiger partial charge in [-0.25, -0.2) is 0 Å². The fourth-order valence-electron chi connectivity index (χ4n) is 1.17. The summed E-state index contributed by atoms with van der Waals surface area (Å²) in [5.41, 5.74) is 1.33. The van der Waals surface area contributed by atoms with E-state index in [2.05, 4.69) is 75.9 Å². The van der Waals surface area contributed by atoms with Crippen molar-refractivity contribution in [2.24, 2.45) is 5.92 Å². The molecule has 0 unspecified atom stereocenters. The van der Waals surface area contributed by atoms with Crippen molar-refractivity contribution < 1.29 is 0 Å². The van der Waals surface area contributed by atoms with Crippen LogP contribution in [-0.2, 0) is 6.54 Å². The van der Waals surface area contributed by atoms with Crippen LogP contribution >= 0.6 is 38.5 Å². The zero-order valence-electron chi connectivity index (χ0n) is 8.48.